The van der Waals surface area contributed by atoms with Gasteiger partial charge in [-0.25, -0.2) is 4.79 Å². The van der Waals surface area contributed by atoms with E-state index in [1.807, 2.05) is 31.2 Å². The zero-order valence-corrected chi connectivity index (χ0v) is 14.1. The summed E-state index contributed by atoms with van der Waals surface area (Å²) in [5.41, 5.74) is 2.64. The van der Waals surface area contributed by atoms with Crippen LogP contribution in [0.4, 0.5) is 0 Å². The third-order valence-electron chi connectivity index (χ3n) is 2.98. The lowest BCUT2D eigenvalue weighted by molar-refractivity contribution is -0.139. The summed E-state index contributed by atoms with van der Waals surface area (Å²) in [6, 6.07) is 14.8. The highest BCUT2D eigenvalue weighted by molar-refractivity contribution is 9.10. The van der Waals surface area contributed by atoms with Gasteiger partial charge >= 0.3 is 5.97 Å². The molecule has 0 saturated carbocycles. The first-order valence-electron chi connectivity index (χ1n) is 6.90. The Labute approximate surface area is 142 Å². The molecular weight excluding hydrogens is 362 g/mol. The molecule has 23 heavy (non-hydrogen) atoms. The lowest BCUT2D eigenvalue weighted by Crippen LogP contribution is -2.09. The summed E-state index contributed by atoms with van der Waals surface area (Å²) in [4.78, 5) is 15.8. The van der Waals surface area contributed by atoms with Crippen molar-refractivity contribution in [2.24, 2.45) is 5.16 Å². The van der Waals surface area contributed by atoms with Crippen LogP contribution < -0.4 is 4.74 Å². The zero-order valence-electron chi connectivity index (χ0n) is 12.5. The highest BCUT2D eigenvalue weighted by Crippen LogP contribution is 2.14. The minimum absolute atomic E-state index is 0.358. The topological polar surface area (TPSA) is 68.1 Å². The Hall–Kier alpha value is -2.34. The molecule has 0 heterocycles. The fourth-order valence-corrected chi connectivity index (χ4v) is 2.04. The van der Waals surface area contributed by atoms with Crippen LogP contribution in [0.25, 0.3) is 0 Å². The second-order valence-electron chi connectivity index (χ2n) is 4.78. The number of carboxylic acids is 1. The minimum Gasteiger partial charge on any atom is -0.482 e. The third kappa shape index (κ3) is 5.75. The molecule has 1 N–H and O–H groups in total. The first-order valence-corrected chi connectivity index (χ1v) is 7.70. The standard InChI is InChI=1S/C17H16BrNO4/c1-12(19-23-10-13-2-6-15(18)7-3-13)14-4-8-16(9-5-14)22-11-17(20)21/h2-9H,10-11H2,1H3,(H,20,21)/b19-12+. The average molecular weight is 378 g/mol. The van der Waals surface area contributed by atoms with Gasteiger partial charge in [-0.2, -0.15) is 0 Å². The minimum atomic E-state index is -1.01. The highest BCUT2D eigenvalue weighted by Gasteiger charge is 2.02. The smallest absolute Gasteiger partial charge is 0.341 e. The molecule has 0 atom stereocenters. The lowest BCUT2D eigenvalue weighted by Gasteiger charge is -2.05. The van der Waals surface area contributed by atoms with E-state index in [0.29, 0.717) is 12.4 Å². The maximum Gasteiger partial charge on any atom is 0.341 e. The number of oxime groups is 1. The van der Waals surface area contributed by atoms with E-state index in [2.05, 4.69) is 21.1 Å². The van der Waals surface area contributed by atoms with E-state index in [-0.39, 0.29) is 6.61 Å². The Morgan fingerprint density at radius 3 is 2.39 bits per heavy atom. The number of carbonyl (C=O) groups is 1. The van der Waals surface area contributed by atoms with Crippen molar-refractivity contribution in [3.8, 4) is 5.75 Å². The molecule has 0 amide bonds. The van der Waals surface area contributed by atoms with Gasteiger partial charge in [-0.05, 0) is 54.4 Å². The Bertz CT molecular complexity index is 681. The second kappa shape index (κ2) is 8.33. The fourth-order valence-electron chi connectivity index (χ4n) is 1.77. The molecule has 5 nitrogen and oxygen atoms in total. The number of rotatable bonds is 7. The van der Waals surface area contributed by atoms with Crippen LogP contribution in [0.1, 0.15) is 18.1 Å². The van der Waals surface area contributed by atoms with Gasteiger partial charge in [-0.3, -0.25) is 0 Å². The molecule has 2 aromatic rings. The monoisotopic (exact) mass is 377 g/mol. The summed E-state index contributed by atoms with van der Waals surface area (Å²) in [5, 5.41) is 12.6. The number of aliphatic carboxylic acids is 1. The fraction of sp³-hybridized carbons (Fsp3) is 0.176. The Kier molecular flexibility index (Phi) is 6.17. The summed E-state index contributed by atoms with van der Waals surface area (Å²) in [6.45, 7) is 1.88. The predicted octanol–water partition coefficient (Wildman–Crippen LogP) is 3.85. The quantitative estimate of drug-likeness (QED) is 0.587. The molecule has 0 spiro atoms. The Morgan fingerprint density at radius 1 is 1.13 bits per heavy atom. The molecule has 2 rings (SSSR count). The van der Waals surface area contributed by atoms with Crippen molar-refractivity contribution in [3.05, 3.63) is 64.1 Å². The maximum absolute atomic E-state index is 10.4. The van der Waals surface area contributed by atoms with Gasteiger partial charge in [0.15, 0.2) is 6.61 Å². The molecule has 0 aromatic heterocycles. The van der Waals surface area contributed by atoms with Gasteiger partial charge in [-0.1, -0.05) is 33.2 Å². The number of carboxylic acid groups (broad SMARTS) is 1. The number of benzene rings is 2. The molecule has 0 radical (unpaired) electrons. The van der Waals surface area contributed by atoms with E-state index in [9.17, 15) is 4.79 Å². The summed E-state index contributed by atoms with van der Waals surface area (Å²) >= 11 is 3.38. The summed E-state index contributed by atoms with van der Waals surface area (Å²) in [7, 11) is 0. The van der Waals surface area contributed by atoms with Crippen LogP contribution in [0.2, 0.25) is 0 Å². The van der Waals surface area contributed by atoms with Crippen molar-refractivity contribution in [2.45, 2.75) is 13.5 Å². The largest absolute Gasteiger partial charge is 0.482 e. The van der Waals surface area contributed by atoms with Crippen molar-refractivity contribution in [2.75, 3.05) is 6.61 Å². The molecule has 2 aromatic carbocycles. The average Bonchev–Trinajstić information content (AvgIpc) is 2.55. The first kappa shape index (κ1) is 17.0. The summed E-state index contributed by atoms with van der Waals surface area (Å²) in [6.07, 6.45) is 0. The van der Waals surface area contributed by atoms with Crippen molar-refractivity contribution < 1.29 is 19.5 Å². The molecule has 0 fully saturated rings. The van der Waals surface area contributed by atoms with Gasteiger partial charge < -0.3 is 14.7 Å². The molecule has 0 bridgehead atoms. The lowest BCUT2D eigenvalue weighted by atomic mass is 10.1. The van der Waals surface area contributed by atoms with E-state index in [1.54, 1.807) is 24.3 Å². The Morgan fingerprint density at radius 2 is 1.78 bits per heavy atom. The molecule has 0 aliphatic heterocycles. The molecule has 6 heteroatoms. The number of ether oxygens (including phenoxy) is 1. The van der Waals surface area contributed by atoms with Gasteiger partial charge in [-0.15, -0.1) is 0 Å². The van der Waals surface area contributed by atoms with E-state index in [0.717, 1.165) is 21.3 Å². The molecule has 120 valence electrons. The normalized spacial score (nSPS) is 11.1. The molecule has 0 unspecified atom stereocenters. The van der Waals surface area contributed by atoms with Crippen LogP contribution in [-0.2, 0) is 16.2 Å². The third-order valence-corrected chi connectivity index (χ3v) is 3.51. The van der Waals surface area contributed by atoms with Gasteiger partial charge in [0, 0.05) is 4.47 Å². The summed E-state index contributed by atoms with van der Waals surface area (Å²) in [5.74, 6) is -0.507. The van der Waals surface area contributed by atoms with E-state index in [4.69, 9.17) is 14.7 Å². The molecule has 0 aliphatic carbocycles. The predicted molar refractivity (Wildman–Crippen MR) is 90.7 cm³/mol. The van der Waals surface area contributed by atoms with Crippen molar-refractivity contribution in [1.82, 2.24) is 0 Å². The Balaban J connectivity index is 1.89. The summed E-state index contributed by atoms with van der Waals surface area (Å²) < 4.78 is 6.10. The first-order chi connectivity index (χ1) is 11.0. The van der Waals surface area contributed by atoms with Crippen LogP contribution >= 0.6 is 15.9 Å². The number of nitrogens with zero attached hydrogens (tertiary/aromatic N) is 1. The molecule has 0 saturated heterocycles. The number of hydrogen-bond donors (Lipinski definition) is 1. The zero-order chi connectivity index (χ0) is 16.7. The van der Waals surface area contributed by atoms with Crippen molar-refractivity contribution in [1.29, 1.82) is 0 Å². The molecule has 0 aliphatic rings. The van der Waals surface area contributed by atoms with E-state index in [1.165, 1.54) is 0 Å². The van der Waals surface area contributed by atoms with Crippen molar-refractivity contribution >= 4 is 27.6 Å². The number of hydrogen-bond acceptors (Lipinski definition) is 4. The van der Waals surface area contributed by atoms with Crippen LogP contribution in [0, 0.1) is 0 Å². The highest BCUT2D eigenvalue weighted by atomic mass is 79.9. The van der Waals surface area contributed by atoms with Gasteiger partial charge in [0.1, 0.15) is 12.4 Å². The number of halogens is 1. The maximum atomic E-state index is 10.4. The van der Waals surface area contributed by atoms with Crippen LogP contribution in [0.3, 0.4) is 0 Å². The van der Waals surface area contributed by atoms with Crippen LogP contribution in [0.5, 0.6) is 5.75 Å². The van der Waals surface area contributed by atoms with E-state index >= 15 is 0 Å². The SMILES string of the molecule is C/C(=N\OCc1ccc(Br)cc1)c1ccc(OCC(=O)O)cc1. The second-order valence-corrected chi connectivity index (χ2v) is 5.70. The van der Waals surface area contributed by atoms with Crippen LogP contribution in [0.15, 0.2) is 58.2 Å². The van der Waals surface area contributed by atoms with Gasteiger partial charge in [0.25, 0.3) is 0 Å². The van der Waals surface area contributed by atoms with Crippen molar-refractivity contribution in [3.63, 3.8) is 0 Å². The molecular formula is C17H16BrNO4. The van der Waals surface area contributed by atoms with Gasteiger partial charge in [0.2, 0.25) is 0 Å². The van der Waals surface area contributed by atoms with Gasteiger partial charge in [0.05, 0.1) is 5.71 Å². The van der Waals surface area contributed by atoms with E-state index < -0.39 is 5.97 Å². The van der Waals surface area contributed by atoms with Crippen LogP contribution in [-0.4, -0.2) is 23.4 Å².